The third kappa shape index (κ3) is 7.12. The Morgan fingerprint density at radius 2 is 2.12 bits per heavy atom. The summed E-state index contributed by atoms with van der Waals surface area (Å²) in [4.78, 5) is 20.1. The van der Waals surface area contributed by atoms with E-state index in [2.05, 4.69) is 22.2 Å². The zero-order valence-corrected chi connectivity index (χ0v) is 15.0. The van der Waals surface area contributed by atoms with Gasteiger partial charge in [0.25, 0.3) is 5.91 Å². The molecule has 1 amide bonds. The van der Waals surface area contributed by atoms with Crippen LogP contribution in [0.2, 0.25) is 0 Å². The summed E-state index contributed by atoms with van der Waals surface area (Å²) in [6.07, 6.45) is 6.50. The smallest absolute Gasteiger partial charge is 0.251 e. The van der Waals surface area contributed by atoms with E-state index in [1.54, 1.807) is 36.7 Å². The first-order chi connectivity index (χ1) is 10.7. The fraction of sp³-hybridized carbons (Fsp3) is 0.312. The summed E-state index contributed by atoms with van der Waals surface area (Å²) in [6.45, 7) is 2.52. The van der Waals surface area contributed by atoms with Gasteiger partial charge in [0.15, 0.2) is 0 Å². The van der Waals surface area contributed by atoms with Crippen molar-refractivity contribution >= 4 is 30.7 Å². The molecule has 1 atom stereocenters. The summed E-state index contributed by atoms with van der Waals surface area (Å²) < 4.78 is 5.56. The van der Waals surface area contributed by atoms with Crippen LogP contribution in [0.25, 0.3) is 0 Å². The molecule has 0 aliphatic heterocycles. The van der Waals surface area contributed by atoms with Crippen molar-refractivity contribution in [2.45, 2.75) is 25.8 Å². The molecule has 132 valence electrons. The topological polar surface area (TPSA) is 90.1 Å². The molecule has 0 fully saturated rings. The lowest BCUT2D eigenvalue weighted by Gasteiger charge is -2.12. The molecule has 0 radical (unpaired) electrons. The van der Waals surface area contributed by atoms with Gasteiger partial charge in [-0.2, -0.15) is 0 Å². The highest BCUT2D eigenvalue weighted by molar-refractivity contribution is 5.94. The molecule has 0 spiro atoms. The lowest BCUT2D eigenvalue weighted by molar-refractivity contribution is 0.0950. The Morgan fingerprint density at radius 1 is 1.33 bits per heavy atom. The number of amides is 1. The highest BCUT2D eigenvalue weighted by Gasteiger charge is 2.09. The second-order valence-corrected chi connectivity index (χ2v) is 4.93. The van der Waals surface area contributed by atoms with Crippen LogP contribution in [0.5, 0.6) is 11.6 Å². The number of hydrogen-bond donors (Lipinski definition) is 2. The maximum Gasteiger partial charge on any atom is 0.251 e. The zero-order chi connectivity index (χ0) is 15.8. The lowest BCUT2D eigenvalue weighted by Crippen LogP contribution is -2.37. The van der Waals surface area contributed by atoms with Crippen LogP contribution >= 0.6 is 24.8 Å². The Balaban J connectivity index is 0.00000264. The van der Waals surface area contributed by atoms with Crippen LogP contribution in [0.1, 0.15) is 30.1 Å². The van der Waals surface area contributed by atoms with Crippen molar-refractivity contribution in [3.8, 4) is 11.6 Å². The van der Waals surface area contributed by atoms with E-state index < -0.39 is 0 Å². The molecule has 0 saturated carbocycles. The number of ether oxygens (including phenoxy) is 1. The number of halogens is 2. The van der Waals surface area contributed by atoms with Crippen molar-refractivity contribution in [3.05, 3.63) is 48.4 Å². The molecule has 0 saturated heterocycles. The predicted molar refractivity (Wildman–Crippen MR) is 98.3 cm³/mol. The summed E-state index contributed by atoms with van der Waals surface area (Å²) in [6, 6.07) is 6.88. The van der Waals surface area contributed by atoms with Crippen LogP contribution in [0.15, 0.2) is 42.9 Å². The highest BCUT2D eigenvalue weighted by Crippen LogP contribution is 2.19. The second kappa shape index (κ2) is 11.6. The number of rotatable bonds is 7. The summed E-state index contributed by atoms with van der Waals surface area (Å²) >= 11 is 0. The first-order valence-electron chi connectivity index (χ1n) is 7.26. The molecule has 1 heterocycles. The van der Waals surface area contributed by atoms with Crippen molar-refractivity contribution in [3.63, 3.8) is 0 Å². The van der Waals surface area contributed by atoms with E-state index in [0.717, 1.165) is 12.8 Å². The van der Waals surface area contributed by atoms with Gasteiger partial charge in [0.05, 0.1) is 6.20 Å². The third-order valence-electron chi connectivity index (χ3n) is 3.04. The first-order valence-corrected chi connectivity index (χ1v) is 7.26. The molecule has 1 unspecified atom stereocenters. The van der Waals surface area contributed by atoms with Gasteiger partial charge in [0.1, 0.15) is 5.75 Å². The minimum atomic E-state index is -0.170. The molecule has 2 rings (SSSR count). The Hall–Kier alpha value is -1.89. The van der Waals surface area contributed by atoms with Gasteiger partial charge in [-0.15, -0.1) is 24.8 Å². The molecular formula is C16H22Cl2N4O2. The Bertz CT molecular complexity index is 614. The van der Waals surface area contributed by atoms with Gasteiger partial charge in [0, 0.05) is 30.5 Å². The minimum absolute atomic E-state index is 0. The largest absolute Gasteiger partial charge is 0.437 e. The number of carbonyl (C=O) groups excluding carboxylic acids is 1. The maximum atomic E-state index is 12.1. The van der Waals surface area contributed by atoms with Gasteiger partial charge in [-0.1, -0.05) is 19.4 Å². The normalized spacial score (nSPS) is 10.8. The van der Waals surface area contributed by atoms with Gasteiger partial charge in [-0.05, 0) is 24.6 Å². The van der Waals surface area contributed by atoms with E-state index in [-0.39, 0.29) is 36.8 Å². The van der Waals surface area contributed by atoms with E-state index in [1.807, 2.05) is 0 Å². The molecule has 3 N–H and O–H groups in total. The monoisotopic (exact) mass is 372 g/mol. The average molecular weight is 373 g/mol. The van der Waals surface area contributed by atoms with Crippen LogP contribution in [0.4, 0.5) is 0 Å². The SMILES string of the molecule is CCCC(N)CNC(=O)c1cccc(Oc2cnccn2)c1.Cl.Cl. The van der Waals surface area contributed by atoms with E-state index in [9.17, 15) is 4.79 Å². The predicted octanol–water partition coefficient (Wildman–Crippen LogP) is 2.97. The van der Waals surface area contributed by atoms with E-state index in [1.165, 1.54) is 6.20 Å². The molecule has 0 aliphatic carbocycles. The van der Waals surface area contributed by atoms with E-state index >= 15 is 0 Å². The lowest BCUT2D eigenvalue weighted by atomic mass is 10.1. The number of nitrogens with zero attached hydrogens (tertiary/aromatic N) is 2. The van der Waals surface area contributed by atoms with Gasteiger partial charge in [-0.3, -0.25) is 9.78 Å². The molecule has 0 bridgehead atoms. The van der Waals surface area contributed by atoms with Gasteiger partial charge < -0.3 is 15.8 Å². The summed E-state index contributed by atoms with van der Waals surface area (Å²) in [5.74, 6) is 0.743. The first kappa shape index (κ1) is 22.1. The Labute approximate surface area is 154 Å². The molecule has 24 heavy (non-hydrogen) atoms. The van der Waals surface area contributed by atoms with E-state index in [4.69, 9.17) is 10.5 Å². The standard InChI is InChI=1S/C16H20N4O2.2ClH/c1-2-4-13(17)10-20-16(21)12-5-3-6-14(9-12)22-15-11-18-7-8-19-15;;/h3,5-9,11,13H,2,4,10,17H2,1H3,(H,20,21);2*1H. The van der Waals surface area contributed by atoms with Crippen molar-refractivity contribution in [2.24, 2.45) is 5.73 Å². The number of carbonyl (C=O) groups is 1. The quantitative estimate of drug-likeness (QED) is 0.779. The molecule has 0 aliphatic rings. The zero-order valence-electron chi connectivity index (χ0n) is 13.3. The van der Waals surface area contributed by atoms with Gasteiger partial charge in [-0.25, -0.2) is 4.98 Å². The summed E-state index contributed by atoms with van der Waals surface area (Å²) in [7, 11) is 0. The molecule has 1 aromatic heterocycles. The van der Waals surface area contributed by atoms with Crippen LogP contribution in [-0.2, 0) is 0 Å². The van der Waals surface area contributed by atoms with Gasteiger partial charge >= 0.3 is 0 Å². The minimum Gasteiger partial charge on any atom is -0.437 e. The highest BCUT2D eigenvalue weighted by atomic mass is 35.5. The number of nitrogens with one attached hydrogen (secondary N) is 1. The number of hydrogen-bond acceptors (Lipinski definition) is 5. The van der Waals surface area contributed by atoms with Crippen LogP contribution in [0.3, 0.4) is 0 Å². The number of benzene rings is 1. The second-order valence-electron chi connectivity index (χ2n) is 4.93. The fourth-order valence-electron chi connectivity index (χ4n) is 1.96. The van der Waals surface area contributed by atoms with Crippen molar-refractivity contribution in [1.82, 2.24) is 15.3 Å². The maximum absolute atomic E-state index is 12.1. The molecule has 1 aromatic carbocycles. The number of nitrogens with two attached hydrogens (primary N) is 1. The Morgan fingerprint density at radius 3 is 2.79 bits per heavy atom. The average Bonchev–Trinajstić information content (AvgIpc) is 2.54. The summed E-state index contributed by atoms with van der Waals surface area (Å²) in [5.41, 5.74) is 6.41. The Kier molecular flexibility index (Phi) is 10.7. The molecular weight excluding hydrogens is 351 g/mol. The molecule has 6 nitrogen and oxygen atoms in total. The third-order valence-corrected chi connectivity index (χ3v) is 3.04. The molecule has 2 aromatic rings. The fourth-order valence-corrected chi connectivity index (χ4v) is 1.96. The molecule has 8 heteroatoms. The van der Waals surface area contributed by atoms with Crippen LogP contribution < -0.4 is 15.8 Å². The van der Waals surface area contributed by atoms with Crippen molar-refractivity contribution < 1.29 is 9.53 Å². The van der Waals surface area contributed by atoms with E-state index in [0.29, 0.717) is 23.7 Å². The van der Waals surface area contributed by atoms with Crippen LogP contribution in [0, 0.1) is 0 Å². The van der Waals surface area contributed by atoms with Crippen molar-refractivity contribution in [2.75, 3.05) is 6.54 Å². The van der Waals surface area contributed by atoms with Crippen LogP contribution in [-0.4, -0.2) is 28.5 Å². The van der Waals surface area contributed by atoms with Gasteiger partial charge in [0.2, 0.25) is 5.88 Å². The summed E-state index contributed by atoms with van der Waals surface area (Å²) in [5, 5.41) is 2.83. The van der Waals surface area contributed by atoms with Crippen molar-refractivity contribution in [1.29, 1.82) is 0 Å². The number of aromatic nitrogens is 2.